The minimum Gasteiger partial charge on any atom is -0.493 e. The molecule has 0 unspecified atom stereocenters. The summed E-state index contributed by atoms with van der Waals surface area (Å²) in [6, 6.07) is 27.0. The quantitative estimate of drug-likeness (QED) is 0.113. The summed E-state index contributed by atoms with van der Waals surface area (Å²) >= 11 is 1.51. The molecule has 0 atom stereocenters. The Balaban J connectivity index is 1.15. The zero-order chi connectivity index (χ0) is 30.2. The number of aromatic carboxylic acids is 1. The molecule has 0 spiro atoms. The summed E-state index contributed by atoms with van der Waals surface area (Å²) in [5.41, 5.74) is 8.64. The molecule has 9 nitrogen and oxygen atoms in total. The van der Waals surface area contributed by atoms with E-state index in [0.717, 1.165) is 27.6 Å². The number of carboxylic acids is 1. The maximum Gasteiger partial charge on any atom is 0.335 e. The number of methoxy groups -OCH3 is 1. The standard InChI is InChI=1S/C33H28N4O5S/c1-21-3-14-27(15-4-21)35-33-36-28(20-43-33)24-10-12-25(13-11-24)31(38)37-34-18-23-7-16-29(30(17-23)41-2)42-19-22-5-8-26(9-6-22)32(39)40/h3-18,20H,19H2,1-2H3,(H,35,36)(H,37,38)(H,39,40)/b34-18-. The number of thiazole rings is 1. The van der Waals surface area contributed by atoms with Crippen LogP contribution in [-0.4, -0.2) is 35.3 Å². The van der Waals surface area contributed by atoms with Crippen LogP contribution in [0, 0.1) is 6.92 Å². The highest BCUT2D eigenvalue weighted by molar-refractivity contribution is 7.14. The third-order valence-electron chi connectivity index (χ3n) is 6.41. The number of nitrogens with one attached hydrogen (secondary N) is 2. The number of nitrogens with zero attached hydrogens (tertiary/aromatic N) is 2. The van der Waals surface area contributed by atoms with Crippen molar-refractivity contribution in [3.05, 3.63) is 124 Å². The predicted molar refractivity (Wildman–Crippen MR) is 168 cm³/mol. The molecule has 3 N–H and O–H groups in total. The van der Waals surface area contributed by atoms with E-state index in [1.807, 2.05) is 48.7 Å². The van der Waals surface area contributed by atoms with Gasteiger partial charge < -0.3 is 19.9 Å². The van der Waals surface area contributed by atoms with E-state index in [4.69, 9.17) is 14.6 Å². The molecule has 5 aromatic rings. The van der Waals surface area contributed by atoms with Gasteiger partial charge in [0.05, 0.1) is 24.6 Å². The molecule has 0 fully saturated rings. The van der Waals surface area contributed by atoms with Crippen LogP contribution < -0.4 is 20.2 Å². The molecule has 0 aliphatic carbocycles. The second kappa shape index (κ2) is 13.5. The van der Waals surface area contributed by atoms with Crippen molar-refractivity contribution in [2.45, 2.75) is 13.5 Å². The SMILES string of the molecule is COc1cc(/C=N\NC(=O)c2ccc(-c3csc(Nc4ccc(C)cc4)n3)cc2)ccc1OCc1ccc(C(=O)O)cc1. The third kappa shape index (κ3) is 7.63. The van der Waals surface area contributed by atoms with Gasteiger partial charge in [0.25, 0.3) is 5.91 Å². The van der Waals surface area contributed by atoms with Gasteiger partial charge >= 0.3 is 5.97 Å². The van der Waals surface area contributed by atoms with Gasteiger partial charge in [0.15, 0.2) is 16.6 Å². The van der Waals surface area contributed by atoms with Crippen LogP contribution in [0.25, 0.3) is 11.3 Å². The molecule has 4 aromatic carbocycles. The van der Waals surface area contributed by atoms with Gasteiger partial charge in [-0.05, 0) is 72.6 Å². The molecule has 43 heavy (non-hydrogen) atoms. The summed E-state index contributed by atoms with van der Waals surface area (Å²) in [5.74, 6) is -0.311. The van der Waals surface area contributed by atoms with E-state index in [1.165, 1.54) is 42.4 Å². The lowest BCUT2D eigenvalue weighted by Gasteiger charge is -2.11. The molecular weight excluding hydrogens is 564 g/mol. The fourth-order valence-electron chi connectivity index (χ4n) is 4.03. The van der Waals surface area contributed by atoms with Crippen molar-refractivity contribution in [2.24, 2.45) is 5.10 Å². The van der Waals surface area contributed by atoms with Crippen LogP contribution in [0.5, 0.6) is 11.5 Å². The topological polar surface area (TPSA) is 122 Å². The van der Waals surface area contributed by atoms with E-state index in [0.29, 0.717) is 22.6 Å². The summed E-state index contributed by atoms with van der Waals surface area (Å²) in [7, 11) is 1.53. The van der Waals surface area contributed by atoms with E-state index in [1.54, 1.807) is 42.5 Å². The molecular formula is C33H28N4O5S. The van der Waals surface area contributed by atoms with Crippen molar-refractivity contribution in [1.29, 1.82) is 0 Å². The first-order chi connectivity index (χ1) is 20.9. The van der Waals surface area contributed by atoms with Crippen LogP contribution in [0.2, 0.25) is 0 Å². The normalized spacial score (nSPS) is 10.8. The Bertz CT molecular complexity index is 1750. The zero-order valence-corrected chi connectivity index (χ0v) is 24.2. The van der Waals surface area contributed by atoms with E-state index < -0.39 is 5.97 Å². The van der Waals surface area contributed by atoms with Gasteiger partial charge in [0.1, 0.15) is 6.61 Å². The molecule has 10 heteroatoms. The summed E-state index contributed by atoms with van der Waals surface area (Å²) in [6.45, 7) is 2.29. The van der Waals surface area contributed by atoms with Gasteiger partial charge in [-0.1, -0.05) is 42.0 Å². The van der Waals surface area contributed by atoms with Crippen LogP contribution in [0.1, 0.15) is 37.4 Å². The molecule has 0 aliphatic heterocycles. The number of ether oxygens (including phenoxy) is 2. The number of hydrogen-bond acceptors (Lipinski definition) is 8. The lowest BCUT2D eigenvalue weighted by atomic mass is 10.1. The number of rotatable bonds is 11. The molecule has 216 valence electrons. The fourth-order valence-corrected chi connectivity index (χ4v) is 4.77. The van der Waals surface area contributed by atoms with Crippen LogP contribution in [-0.2, 0) is 6.61 Å². The van der Waals surface area contributed by atoms with Crippen LogP contribution in [0.15, 0.2) is 101 Å². The van der Waals surface area contributed by atoms with Gasteiger partial charge in [0.2, 0.25) is 0 Å². The van der Waals surface area contributed by atoms with E-state index >= 15 is 0 Å². The molecule has 1 heterocycles. The van der Waals surface area contributed by atoms with E-state index in [-0.39, 0.29) is 18.1 Å². The number of benzene rings is 4. The van der Waals surface area contributed by atoms with Crippen LogP contribution in [0.3, 0.4) is 0 Å². The molecule has 0 bridgehead atoms. The summed E-state index contributed by atoms with van der Waals surface area (Å²) in [4.78, 5) is 28.3. The maximum atomic E-state index is 12.6. The molecule has 0 saturated carbocycles. The number of carbonyl (C=O) groups excluding carboxylic acids is 1. The monoisotopic (exact) mass is 592 g/mol. The molecule has 0 saturated heterocycles. The van der Waals surface area contributed by atoms with Crippen molar-refractivity contribution in [3.8, 4) is 22.8 Å². The average molecular weight is 593 g/mol. The first-order valence-corrected chi connectivity index (χ1v) is 14.1. The van der Waals surface area contributed by atoms with Crippen molar-refractivity contribution < 1.29 is 24.2 Å². The summed E-state index contributed by atoms with van der Waals surface area (Å²) in [6.07, 6.45) is 1.51. The zero-order valence-electron chi connectivity index (χ0n) is 23.4. The lowest BCUT2D eigenvalue weighted by Crippen LogP contribution is -2.17. The van der Waals surface area contributed by atoms with Crippen LogP contribution in [0.4, 0.5) is 10.8 Å². The number of carboxylic acid groups (broad SMARTS) is 1. The second-order valence-corrected chi connectivity index (χ2v) is 10.4. The highest BCUT2D eigenvalue weighted by atomic mass is 32.1. The van der Waals surface area contributed by atoms with Gasteiger partial charge in [0, 0.05) is 22.2 Å². The first-order valence-electron chi connectivity index (χ1n) is 13.2. The summed E-state index contributed by atoms with van der Waals surface area (Å²) in [5, 5.41) is 19.2. The minimum absolute atomic E-state index is 0.214. The molecule has 0 radical (unpaired) electrons. The van der Waals surface area contributed by atoms with Gasteiger partial charge in [-0.2, -0.15) is 5.10 Å². The fraction of sp³-hybridized carbons (Fsp3) is 0.0909. The number of carbonyl (C=O) groups is 2. The Kier molecular flexibility index (Phi) is 9.08. The first kappa shape index (κ1) is 29.0. The lowest BCUT2D eigenvalue weighted by molar-refractivity contribution is 0.0696. The Morgan fingerprint density at radius 2 is 1.65 bits per heavy atom. The van der Waals surface area contributed by atoms with E-state index in [9.17, 15) is 9.59 Å². The Hall–Kier alpha value is -5.48. The number of anilines is 2. The smallest absolute Gasteiger partial charge is 0.335 e. The number of aryl methyl sites for hydroxylation is 1. The Labute approximate surface area is 252 Å². The number of aromatic nitrogens is 1. The number of amides is 1. The van der Waals surface area contributed by atoms with Gasteiger partial charge in [-0.15, -0.1) is 11.3 Å². The number of hydrogen-bond donors (Lipinski definition) is 3. The van der Waals surface area contributed by atoms with Gasteiger partial charge in [-0.3, -0.25) is 4.79 Å². The second-order valence-electron chi connectivity index (χ2n) is 9.51. The molecule has 1 amide bonds. The molecule has 5 rings (SSSR count). The largest absolute Gasteiger partial charge is 0.493 e. The van der Waals surface area contributed by atoms with Crippen molar-refractivity contribution in [3.63, 3.8) is 0 Å². The molecule has 1 aromatic heterocycles. The summed E-state index contributed by atoms with van der Waals surface area (Å²) < 4.78 is 11.3. The van der Waals surface area contributed by atoms with Gasteiger partial charge in [-0.25, -0.2) is 15.2 Å². The highest BCUT2D eigenvalue weighted by Crippen LogP contribution is 2.29. The number of hydrazone groups is 1. The average Bonchev–Trinajstić information content (AvgIpc) is 3.50. The minimum atomic E-state index is -0.978. The maximum absolute atomic E-state index is 12.6. The van der Waals surface area contributed by atoms with Crippen molar-refractivity contribution in [2.75, 3.05) is 12.4 Å². The Morgan fingerprint density at radius 1 is 0.930 bits per heavy atom. The van der Waals surface area contributed by atoms with Crippen molar-refractivity contribution >= 4 is 40.2 Å². The Morgan fingerprint density at radius 3 is 2.35 bits per heavy atom. The third-order valence-corrected chi connectivity index (χ3v) is 7.17. The molecule has 0 aliphatic rings. The van der Waals surface area contributed by atoms with Crippen molar-refractivity contribution in [1.82, 2.24) is 10.4 Å². The van der Waals surface area contributed by atoms with E-state index in [2.05, 4.69) is 20.8 Å². The predicted octanol–water partition coefficient (Wildman–Crippen LogP) is 6.91. The highest BCUT2D eigenvalue weighted by Gasteiger charge is 2.10. The van der Waals surface area contributed by atoms with Crippen LogP contribution >= 0.6 is 11.3 Å².